The molecule has 1 aromatic carbocycles. The fraction of sp³-hybridized carbons (Fsp3) is 0.278. The summed E-state index contributed by atoms with van der Waals surface area (Å²) < 4.78 is 0. The van der Waals surface area contributed by atoms with Crippen LogP contribution in [0.4, 0.5) is 0 Å². The maximum Gasteiger partial charge on any atom is 0.333 e. The number of imide groups is 1. The molecule has 7 nitrogen and oxygen atoms in total. The normalized spacial score (nSPS) is 13.1. The Balaban J connectivity index is 1.66. The summed E-state index contributed by atoms with van der Waals surface area (Å²) in [6.45, 7) is 3.72. The predicted molar refractivity (Wildman–Crippen MR) is 94.6 cm³/mol. The lowest BCUT2D eigenvalue weighted by molar-refractivity contribution is -0.168. The first-order valence-electron chi connectivity index (χ1n) is 7.99. The van der Waals surface area contributed by atoms with Gasteiger partial charge in [-0.05, 0) is 44.2 Å². The lowest BCUT2D eigenvalue weighted by atomic mass is 10.1. The number of nitrogens with zero attached hydrogens (tertiary/aromatic N) is 3. The summed E-state index contributed by atoms with van der Waals surface area (Å²) >= 11 is 1.45. The molecule has 2 heterocycles. The number of hydrogen-bond donors (Lipinski definition) is 0. The van der Waals surface area contributed by atoms with E-state index in [1.54, 1.807) is 12.1 Å². The number of carbonyl (C=O) groups excluding carboxylic acids is 3. The van der Waals surface area contributed by atoms with E-state index >= 15 is 0 Å². The SMILES string of the molecule is CSc1nc(C)c(CCC(=O)ON2C(=O)c3ccccc3C2=O)c(C)n1. The van der Waals surface area contributed by atoms with Crippen LogP contribution in [0.2, 0.25) is 0 Å². The van der Waals surface area contributed by atoms with E-state index in [4.69, 9.17) is 4.84 Å². The highest BCUT2D eigenvalue weighted by molar-refractivity contribution is 7.98. The van der Waals surface area contributed by atoms with E-state index < -0.39 is 17.8 Å². The van der Waals surface area contributed by atoms with Crippen molar-refractivity contribution in [3.05, 3.63) is 52.3 Å². The number of benzene rings is 1. The van der Waals surface area contributed by atoms with Gasteiger partial charge < -0.3 is 4.84 Å². The van der Waals surface area contributed by atoms with E-state index in [1.165, 1.54) is 23.9 Å². The third-order valence-corrected chi connectivity index (χ3v) is 4.66. The lowest BCUT2D eigenvalue weighted by Gasteiger charge is -2.13. The number of hydroxylamine groups is 2. The van der Waals surface area contributed by atoms with Crippen molar-refractivity contribution in [3.8, 4) is 0 Å². The Morgan fingerprint density at radius 2 is 1.62 bits per heavy atom. The molecule has 2 amide bonds. The quantitative estimate of drug-likeness (QED) is 0.453. The Labute approximate surface area is 154 Å². The Bertz CT molecular complexity index is 855. The maximum absolute atomic E-state index is 12.2. The number of thioether (sulfide) groups is 1. The van der Waals surface area contributed by atoms with Gasteiger partial charge in [0.1, 0.15) is 0 Å². The van der Waals surface area contributed by atoms with Gasteiger partial charge in [0.25, 0.3) is 11.8 Å². The van der Waals surface area contributed by atoms with Crippen molar-refractivity contribution in [1.82, 2.24) is 15.0 Å². The standard InChI is InChI=1S/C18H17N3O4S/c1-10-12(11(2)20-18(19-10)26-3)8-9-15(22)25-21-16(23)13-6-4-5-7-14(13)17(21)24/h4-7H,8-9H2,1-3H3. The molecule has 0 saturated heterocycles. The van der Waals surface area contributed by atoms with E-state index in [0.717, 1.165) is 17.0 Å². The first kappa shape index (κ1) is 18.1. The second-order valence-electron chi connectivity index (χ2n) is 5.77. The first-order valence-corrected chi connectivity index (χ1v) is 9.21. The van der Waals surface area contributed by atoms with Crippen molar-refractivity contribution in [2.45, 2.75) is 31.8 Å². The molecule has 0 radical (unpaired) electrons. The molecule has 1 aliphatic rings. The molecular formula is C18H17N3O4S. The number of rotatable bonds is 5. The minimum Gasteiger partial charge on any atom is -0.330 e. The number of aromatic nitrogens is 2. The summed E-state index contributed by atoms with van der Waals surface area (Å²) in [7, 11) is 0. The lowest BCUT2D eigenvalue weighted by Crippen LogP contribution is -2.32. The van der Waals surface area contributed by atoms with Gasteiger partial charge in [0, 0.05) is 11.4 Å². The molecule has 0 aliphatic carbocycles. The van der Waals surface area contributed by atoms with Crippen molar-refractivity contribution in [2.75, 3.05) is 6.26 Å². The molecule has 0 unspecified atom stereocenters. The van der Waals surface area contributed by atoms with Gasteiger partial charge >= 0.3 is 5.97 Å². The molecular weight excluding hydrogens is 354 g/mol. The zero-order valence-corrected chi connectivity index (χ0v) is 15.4. The highest BCUT2D eigenvalue weighted by Crippen LogP contribution is 2.23. The Kier molecular flexibility index (Phi) is 5.03. The number of aryl methyl sites for hydroxylation is 2. The van der Waals surface area contributed by atoms with Gasteiger partial charge in [-0.2, -0.15) is 0 Å². The minimum absolute atomic E-state index is 0.0110. The molecule has 134 valence electrons. The largest absolute Gasteiger partial charge is 0.333 e. The molecule has 0 bridgehead atoms. The average molecular weight is 371 g/mol. The molecule has 3 rings (SSSR count). The summed E-state index contributed by atoms with van der Waals surface area (Å²) in [5, 5.41) is 1.21. The van der Waals surface area contributed by atoms with Crippen molar-refractivity contribution in [3.63, 3.8) is 0 Å². The van der Waals surface area contributed by atoms with Crippen LogP contribution in [-0.4, -0.2) is 39.1 Å². The van der Waals surface area contributed by atoms with E-state index in [-0.39, 0.29) is 17.5 Å². The van der Waals surface area contributed by atoms with Gasteiger partial charge in [-0.3, -0.25) is 9.59 Å². The van der Waals surface area contributed by atoms with Gasteiger partial charge in [0.2, 0.25) is 0 Å². The second kappa shape index (κ2) is 7.25. The fourth-order valence-electron chi connectivity index (χ4n) is 2.79. The zero-order valence-electron chi connectivity index (χ0n) is 14.6. The third-order valence-electron chi connectivity index (χ3n) is 4.11. The number of carbonyl (C=O) groups is 3. The van der Waals surface area contributed by atoms with Crippen LogP contribution in [0.15, 0.2) is 29.4 Å². The minimum atomic E-state index is -0.660. The van der Waals surface area contributed by atoms with Gasteiger partial charge in [-0.15, -0.1) is 0 Å². The maximum atomic E-state index is 12.2. The highest BCUT2D eigenvalue weighted by Gasteiger charge is 2.38. The molecule has 0 spiro atoms. The Hall–Kier alpha value is -2.74. The molecule has 8 heteroatoms. The molecule has 26 heavy (non-hydrogen) atoms. The van der Waals surface area contributed by atoms with E-state index in [2.05, 4.69) is 9.97 Å². The van der Waals surface area contributed by atoms with Crippen molar-refractivity contribution in [1.29, 1.82) is 0 Å². The molecule has 0 atom stereocenters. The summed E-state index contributed by atoms with van der Waals surface area (Å²) in [6.07, 6.45) is 2.28. The van der Waals surface area contributed by atoms with E-state index in [1.807, 2.05) is 20.1 Å². The zero-order chi connectivity index (χ0) is 18.8. The second-order valence-corrected chi connectivity index (χ2v) is 6.55. The van der Waals surface area contributed by atoms with Crippen LogP contribution in [0.25, 0.3) is 0 Å². The van der Waals surface area contributed by atoms with E-state index in [9.17, 15) is 14.4 Å². The van der Waals surface area contributed by atoms with Gasteiger partial charge in [0.05, 0.1) is 17.5 Å². The summed E-state index contributed by atoms with van der Waals surface area (Å²) in [5.74, 6) is -1.91. The van der Waals surface area contributed by atoms with Crippen LogP contribution >= 0.6 is 11.8 Å². The number of amides is 2. The van der Waals surface area contributed by atoms with Crippen molar-refractivity contribution in [2.24, 2.45) is 0 Å². The van der Waals surface area contributed by atoms with Crippen LogP contribution in [0.5, 0.6) is 0 Å². The summed E-state index contributed by atoms with van der Waals surface area (Å²) in [6, 6.07) is 6.36. The average Bonchev–Trinajstić information content (AvgIpc) is 2.86. The predicted octanol–water partition coefficient (Wildman–Crippen LogP) is 2.50. The molecule has 0 saturated carbocycles. The van der Waals surface area contributed by atoms with Crippen LogP contribution < -0.4 is 0 Å². The monoisotopic (exact) mass is 371 g/mol. The third kappa shape index (κ3) is 3.32. The number of fused-ring (bicyclic) bond motifs is 1. The van der Waals surface area contributed by atoms with Crippen molar-refractivity contribution < 1.29 is 19.2 Å². The first-order chi connectivity index (χ1) is 12.4. The Morgan fingerprint density at radius 1 is 1.08 bits per heavy atom. The highest BCUT2D eigenvalue weighted by atomic mass is 32.2. The summed E-state index contributed by atoms with van der Waals surface area (Å²) in [5.41, 5.74) is 2.93. The van der Waals surface area contributed by atoms with Crippen LogP contribution in [0.1, 0.15) is 44.1 Å². The fourth-order valence-corrected chi connectivity index (χ4v) is 3.24. The van der Waals surface area contributed by atoms with Crippen LogP contribution in [0.3, 0.4) is 0 Å². The van der Waals surface area contributed by atoms with Crippen LogP contribution in [-0.2, 0) is 16.1 Å². The van der Waals surface area contributed by atoms with E-state index in [0.29, 0.717) is 16.6 Å². The Morgan fingerprint density at radius 3 is 2.12 bits per heavy atom. The molecule has 1 aromatic heterocycles. The van der Waals surface area contributed by atoms with Gasteiger partial charge in [-0.25, -0.2) is 14.8 Å². The topological polar surface area (TPSA) is 89.5 Å². The summed E-state index contributed by atoms with van der Waals surface area (Å²) in [4.78, 5) is 50.3. The molecule has 1 aliphatic heterocycles. The number of hydrogen-bond acceptors (Lipinski definition) is 7. The smallest absolute Gasteiger partial charge is 0.330 e. The van der Waals surface area contributed by atoms with Gasteiger partial charge in [0.15, 0.2) is 5.16 Å². The van der Waals surface area contributed by atoms with Gasteiger partial charge in [-0.1, -0.05) is 29.0 Å². The van der Waals surface area contributed by atoms with Crippen molar-refractivity contribution >= 4 is 29.5 Å². The molecule has 0 N–H and O–H groups in total. The van der Waals surface area contributed by atoms with Crippen LogP contribution in [0, 0.1) is 13.8 Å². The molecule has 0 fully saturated rings. The molecule has 2 aromatic rings.